The second kappa shape index (κ2) is 8.18. The lowest BCUT2D eigenvalue weighted by atomic mass is 9.89. The molecule has 3 unspecified atom stereocenters. The van der Waals surface area contributed by atoms with Gasteiger partial charge in [0.2, 0.25) is 5.91 Å². The summed E-state index contributed by atoms with van der Waals surface area (Å²) in [6.45, 7) is 4.13. The van der Waals surface area contributed by atoms with Crippen LogP contribution in [-0.2, 0) is 16.0 Å². The number of nitrogens with two attached hydrogens (primary N) is 1. The summed E-state index contributed by atoms with van der Waals surface area (Å²) < 4.78 is 5.68. The molecule has 0 bridgehead atoms. The van der Waals surface area contributed by atoms with Crippen LogP contribution < -0.4 is 11.1 Å². The Balaban J connectivity index is 1.68. The molecule has 142 valence electrons. The standard InChI is InChI=1S/C20H24N4O3/c1-3-27-19-16(11-14-9-10-22-17(21)12-14)18(25)24(19)20(26)23-13(2)15-7-5-4-6-8-15/h4-10,12-13,16,19H,3,11H2,1-2H3,(H2,21,22)(H,23,26). The van der Waals surface area contributed by atoms with E-state index in [4.69, 9.17) is 10.5 Å². The molecule has 1 fully saturated rings. The molecule has 3 atom stereocenters. The van der Waals surface area contributed by atoms with Gasteiger partial charge in [-0.1, -0.05) is 30.3 Å². The highest BCUT2D eigenvalue weighted by Crippen LogP contribution is 2.31. The zero-order chi connectivity index (χ0) is 19.4. The predicted octanol–water partition coefficient (Wildman–Crippen LogP) is 2.50. The fraction of sp³-hybridized carbons (Fsp3) is 0.350. The predicted molar refractivity (Wildman–Crippen MR) is 101 cm³/mol. The Kier molecular flexibility index (Phi) is 5.71. The van der Waals surface area contributed by atoms with Crippen LogP contribution in [0.25, 0.3) is 0 Å². The molecule has 2 heterocycles. The van der Waals surface area contributed by atoms with Crippen molar-refractivity contribution in [2.24, 2.45) is 5.92 Å². The molecule has 1 aliphatic heterocycles. The number of pyridine rings is 1. The summed E-state index contributed by atoms with van der Waals surface area (Å²) in [7, 11) is 0. The lowest BCUT2D eigenvalue weighted by Crippen LogP contribution is -2.66. The van der Waals surface area contributed by atoms with Crippen LogP contribution in [0.15, 0.2) is 48.7 Å². The number of benzene rings is 1. The maximum Gasteiger partial charge on any atom is 0.326 e. The highest BCUT2D eigenvalue weighted by atomic mass is 16.5. The Labute approximate surface area is 158 Å². The maximum atomic E-state index is 12.6. The molecule has 0 aliphatic carbocycles. The monoisotopic (exact) mass is 368 g/mol. The summed E-state index contributed by atoms with van der Waals surface area (Å²) >= 11 is 0. The van der Waals surface area contributed by atoms with Gasteiger partial charge in [-0.2, -0.15) is 0 Å². The van der Waals surface area contributed by atoms with Gasteiger partial charge in [0.25, 0.3) is 0 Å². The van der Waals surface area contributed by atoms with Crippen LogP contribution in [0.3, 0.4) is 0 Å². The number of carbonyl (C=O) groups excluding carboxylic acids is 2. The van der Waals surface area contributed by atoms with E-state index in [0.29, 0.717) is 18.8 Å². The third-order valence-corrected chi connectivity index (χ3v) is 4.65. The quantitative estimate of drug-likeness (QED) is 0.764. The van der Waals surface area contributed by atoms with Crippen molar-refractivity contribution < 1.29 is 14.3 Å². The van der Waals surface area contributed by atoms with Crippen molar-refractivity contribution in [2.75, 3.05) is 12.3 Å². The van der Waals surface area contributed by atoms with Gasteiger partial charge in [-0.25, -0.2) is 14.7 Å². The lowest BCUT2D eigenvalue weighted by Gasteiger charge is -2.45. The zero-order valence-electron chi connectivity index (χ0n) is 15.5. The molecule has 0 saturated carbocycles. The van der Waals surface area contributed by atoms with Gasteiger partial charge in [0.1, 0.15) is 5.82 Å². The van der Waals surface area contributed by atoms with Crippen LogP contribution in [0.4, 0.5) is 10.6 Å². The number of imide groups is 1. The summed E-state index contributed by atoms with van der Waals surface area (Å²) in [5, 5.41) is 2.87. The molecule has 3 amide bonds. The van der Waals surface area contributed by atoms with Crippen LogP contribution in [0.2, 0.25) is 0 Å². The number of carbonyl (C=O) groups is 2. The minimum atomic E-state index is -0.583. The van der Waals surface area contributed by atoms with Gasteiger partial charge in [-0.05, 0) is 43.5 Å². The number of β-lactam (4-membered cyclic amide) rings is 1. The van der Waals surface area contributed by atoms with Crippen molar-refractivity contribution in [2.45, 2.75) is 32.5 Å². The van der Waals surface area contributed by atoms with E-state index in [1.807, 2.05) is 50.2 Å². The minimum Gasteiger partial charge on any atom is -0.384 e. The number of hydrogen-bond acceptors (Lipinski definition) is 5. The van der Waals surface area contributed by atoms with E-state index in [1.165, 1.54) is 0 Å². The van der Waals surface area contributed by atoms with Crippen molar-refractivity contribution in [3.63, 3.8) is 0 Å². The minimum absolute atomic E-state index is 0.215. The molecule has 1 aromatic heterocycles. The van der Waals surface area contributed by atoms with Gasteiger partial charge < -0.3 is 15.8 Å². The highest BCUT2D eigenvalue weighted by Gasteiger charge is 2.51. The molecule has 2 aromatic rings. The molecule has 7 nitrogen and oxygen atoms in total. The second-order valence-electron chi connectivity index (χ2n) is 6.54. The van der Waals surface area contributed by atoms with E-state index in [2.05, 4.69) is 10.3 Å². The molecule has 27 heavy (non-hydrogen) atoms. The topological polar surface area (TPSA) is 97.6 Å². The average Bonchev–Trinajstić information content (AvgIpc) is 2.66. The zero-order valence-corrected chi connectivity index (χ0v) is 15.5. The van der Waals surface area contributed by atoms with Crippen LogP contribution >= 0.6 is 0 Å². The number of rotatable bonds is 6. The first kappa shape index (κ1) is 18.8. The number of likely N-dealkylation sites (tertiary alicyclic amines) is 1. The normalized spacial score (nSPS) is 20.1. The van der Waals surface area contributed by atoms with Gasteiger partial charge in [-0.3, -0.25) is 4.79 Å². The second-order valence-corrected chi connectivity index (χ2v) is 6.54. The SMILES string of the molecule is CCOC1C(Cc2ccnc(N)c2)C(=O)N1C(=O)NC(C)c1ccccc1. The first-order valence-corrected chi connectivity index (χ1v) is 9.01. The molecular formula is C20H24N4O3. The van der Waals surface area contributed by atoms with Gasteiger partial charge >= 0.3 is 6.03 Å². The van der Waals surface area contributed by atoms with Crippen molar-refractivity contribution in [1.29, 1.82) is 0 Å². The summed E-state index contributed by atoms with van der Waals surface area (Å²) in [6, 6.07) is 12.5. The molecule has 7 heteroatoms. The summed E-state index contributed by atoms with van der Waals surface area (Å²) in [4.78, 5) is 30.4. The number of hydrogen-bond donors (Lipinski definition) is 2. The van der Waals surface area contributed by atoms with E-state index in [-0.39, 0.29) is 11.9 Å². The average molecular weight is 368 g/mol. The Hall–Kier alpha value is -2.93. The summed E-state index contributed by atoms with van der Waals surface area (Å²) in [6.07, 6.45) is 1.48. The maximum absolute atomic E-state index is 12.6. The largest absolute Gasteiger partial charge is 0.384 e. The third kappa shape index (κ3) is 4.09. The number of nitrogens with zero attached hydrogens (tertiary/aromatic N) is 2. The van der Waals surface area contributed by atoms with Crippen molar-refractivity contribution in [1.82, 2.24) is 15.2 Å². The van der Waals surface area contributed by atoms with Crippen LogP contribution in [0, 0.1) is 5.92 Å². The van der Waals surface area contributed by atoms with Crippen molar-refractivity contribution in [3.05, 3.63) is 59.8 Å². The van der Waals surface area contributed by atoms with Crippen molar-refractivity contribution in [3.8, 4) is 0 Å². The van der Waals surface area contributed by atoms with E-state index in [0.717, 1.165) is 16.0 Å². The van der Waals surface area contributed by atoms with Crippen LogP contribution in [-0.4, -0.2) is 34.7 Å². The first-order chi connectivity index (χ1) is 13.0. The smallest absolute Gasteiger partial charge is 0.326 e. The number of nitrogens with one attached hydrogen (secondary N) is 1. The van der Waals surface area contributed by atoms with Gasteiger partial charge in [-0.15, -0.1) is 0 Å². The number of urea groups is 1. The molecule has 1 saturated heterocycles. The van der Waals surface area contributed by atoms with Gasteiger partial charge in [0.15, 0.2) is 6.23 Å². The van der Waals surface area contributed by atoms with Crippen LogP contribution in [0.5, 0.6) is 0 Å². The molecule has 0 radical (unpaired) electrons. The van der Waals surface area contributed by atoms with E-state index < -0.39 is 18.2 Å². The molecule has 1 aromatic carbocycles. The molecule has 0 spiro atoms. The summed E-state index contributed by atoms with van der Waals surface area (Å²) in [5.41, 5.74) is 7.57. The summed E-state index contributed by atoms with van der Waals surface area (Å²) in [5.74, 6) is -0.260. The Morgan fingerprint density at radius 3 is 2.74 bits per heavy atom. The van der Waals surface area contributed by atoms with E-state index in [9.17, 15) is 9.59 Å². The highest BCUT2D eigenvalue weighted by molar-refractivity contribution is 6.01. The van der Waals surface area contributed by atoms with Gasteiger partial charge in [0.05, 0.1) is 12.0 Å². The van der Waals surface area contributed by atoms with E-state index in [1.54, 1.807) is 12.3 Å². The number of amides is 3. The van der Waals surface area contributed by atoms with E-state index >= 15 is 0 Å². The lowest BCUT2D eigenvalue weighted by molar-refractivity contribution is -0.180. The molecule has 3 N–H and O–H groups in total. The number of nitrogen functional groups attached to an aromatic ring is 1. The molecule has 1 aliphatic rings. The fourth-order valence-electron chi connectivity index (χ4n) is 3.24. The Bertz CT molecular complexity index is 812. The van der Waals surface area contributed by atoms with Crippen molar-refractivity contribution >= 4 is 17.8 Å². The fourth-order valence-corrected chi connectivity index (χ4v) is 3.24. The Morgan fingerprint density at radius 2 is 2.07 bits per heavy atom. The van der Waals surface area contributed by atoms with Gasteiger partial charge in [0, 0.05) is 12.8 Å². The number of aromatic nitrogens is 1. The number of ether oxygens (including phenoxy) is 1. The number of anilines is 1. The molecular weight excluding hydrogens is 344 g/mol. The van der Waals surface area contributed by atoms with Crippen LogP contribution in [0.1, 0.15) is 31.0 Å². The Morgan fingerprint density at radius 1 is 1.33 bits per heavy atom. The third-order valence-electron chi connectivity index (χ3n) is 4.65. The molecule has 3 rings (SSSR count). The first-order valence-electron chi connectivity index (χ1n) is 9.01.